The van der Waals surface area contributed by atoms with Crippen molar-refractivity contribution in [3.63, 3.8) is 0 Å². The van der Waals surface area contributed by atoms with E-state index in [0.717, 1.165) is 21.5 Å². The number of carbonyl (C=O) groups excluding carboxylic acids is 1. The van der Waals surface area contributed by atoms with Gasteiger partial charge in [0, 0.05) is 10.2 Å². The first-order valence-corrected chi connectivity index (χ1v) is 7.28. The Balaban J connectivity index is 2.10. The molecule has 0 fully saturated rings. The number of benzene rings is 2. The van der Waals surface area contributed by atoms with Gasteiger partial charge in [0.25, 0.3) is 0 Å². The smallest absolute Gasteiger partial charge is 0.244 e. The summed E-state index contributed by atoms with van der Waals surface area (Å²) in [5, 5.41) is 2.92. The average molecular weight is 331 g/mol. The molecule has 3 nitrogen and oxygen atoms in total. The van der Waals surface area contributed by atoms with Crippen LogP contribution in [0.15, 0.2) is 40.9 Å². The van der Waals surface area contributed by atoms with Crippen LogP contribution in [0, 0.1) is 13.8 Å². The Morgan fingerprint density at radius 2 is 1.90 bits per heavy atom. The van der Waals surface area contributed by atoms with Crippen molar-refractivity contribution < 1.29 is 4.79 Å². The number of rotatable bonds is 1. The fourth-order valence-electron chi connectivity index (χ4n) is 2.39. The summed E-state index contributed by atoms with van der Waals surface area (Å²) in [6.45, 7) is 4.52. The Bertz CT molecular complexity index is 697. The van der Waals surface area contributed by atoms with Crippen molar-refractivity contribution in [2.45, 2.75) is 13.8 Å². The van der Waals surface area contributed by atoms with Crippen LogP contribution in [0.1, 0.15) is 11.1 Å². The van der Waals surface area contributed by atoms with E-state index in [9.17, 15) is 4.79 Å². The molecule has 1 amide bonds. The second kappa shape index (κ2) is 4.94. The van der Waals surface area contributed by atoms with Crippen LogP contribution in [0.4, 0.5) is 17.1 Å². The Labute approximate surface area is 126 Å². The van der Waals surface area contributed by atoms with Crippen LogP contribution < -0.4 is 10.2 Å². The summed E-state index contributed by atoms with van der Waals surface area (Å²) in [5.41, 5.74) is 5.40. The molecule has 0 atom stereocenters. The molecular weight excluding hydrogens is 316 g/mol. The van der Waals surface area contributed by atoms with E-state index < -0.39 is 0 Å². The van der Waals surface area contributed by atoms with Gasteiger partial charge >= 0.3 is 0 Å². The second-order valence-corrected chi connectivity index (χ2v) is 5.98. The molecule has 0 aliphatic carbocycles. The summed E-state index contributed by atoms with van der Waals surface area (Å²) in [6, 6.07) is 12.2. The minimum Gasteiger partial charge on any atom is -0.330 e. The zero-order valence-electron chi connectivity index (χ0n) is 11.4. The number of hydrogen-bond acceptors (Lipinski definition) is 2. The van der Waals surface area contributed by atoms with Gasteiger partial charge < -0.3 is 10.2 Å². The highest BCUT2D eigenvalue weighted by Crippen LogP contribution is 2.37. The molecule has 0 unspecified atom stereocenters. The van der Waals surface area contributed by atoms with E-state index in [1.54, 1.807) is 0 Å². The molecule has 0 bridgehead atoms. The van der Waals surface area contributed by atoms with Crippen LogP contribution in [-0.2, 0) is 4.79 Å². The van der Waals surface area contributed by atoms with Crippen LogP contribution in [0.5, 0.6) is 0 Å². The first-order chi connectivity index (χ1) is 9.54. The van der Waals surface area contributed by atoms with Gasteiger partial charge in [-0.05, 0) is 55.3 Å². The second-order valence-electron chi connectivity index (χ2n) is 5.06. The minimum absolute atomic E-state index is 0.00817. The maximum atomic E-state index is 11.9. The van der Waals surface area contributed by atoms with Gasteiger partial charge in [0.2, 0.25) is 5.91 Å². The van der Waals surface area contributed by atoms with Crippen molar-refractivity contribution in [1.29, 1.82) is 0 Å². The van der Waals surface area contributed by atoms with E-state index in [0.29, 0.717) is 6.54 Å². The van der Waals surface area contributed by atoms with Crippen molar-refractivity contribution in [2.75, 3.05) is 16.8 Å². The third-order valence-electron chi connectivity index (χ3n) is 3.63. The summed E-state index contributed by atoms with van der Waals surface area (Å²) in [7, 11) is 0. The molecule has 2 aromatic rings. The summed E-state index contributed by atoms with van der Waals surface area (Å²) >= 11 is 3.44. The fraction of sp³-hybridized carbons (Fsp3) is 0.188. The Kier molecular flexibility index (Phi) is 3.26. The van der Waals surface area contributed by atoms with Crippen LogP contribution in [0.2, 0.25) is 0 Å². The standard InChI is InChI=1S/C16H15BrN2O/c1-10-3-5-13(7-11(10)2)19-9-16(20)18-14-8-12(17)4-6-15(14)19/h3-8H,9H2,1-2H3,(H,18,20). The molecule has 4 heteroatoms. The predicted molar refractivity (Wildman–Crippen MR) is 85.7 cm³/mol. The number of nitrogens with one attached hydrogen (secondary N) is 1. The number of fused-ring (bicyclic) bond motifs is 1. The summed E-state index contributed by atoms with van der Waals surface area (Å²) < 4.78 is 0.957. The third kappa shape index (κ3) is 2.31. The number of carbonyl (C=O) groups is 1. The quantitative estimate of drug-likeness (QED) is 0.851. The zero-order chi connectivity index (χ0) is 14.3. The van der Waals surface area contributed by atoms with Gasteiger partial charge in [0.15, 0.2) is 0 Å². The Morgan fingerprint density at radius 1 is 1.10 bits per heavy atom. The van der Waals surface area contributed by atoms with E-state index in [1.165, 1.54) is 11.1 Å². The van der Waals surface area contributed by atoms with Gasteiger partial charge in [-0.3, -0.25) is 4.79 Å². The van der Waals surface area contributed by atoms with Gasteiger partial charge in [0.05, 0.1) is 11.4 Å². The maximum Gasteiger partial charge on any atom is 0.244 e. The molecule has 1 aliphatic rings. The van der Waals surface area contributed by atoms with Gasteiger partial charge in [-0.15, -0.1) is 0 Å². The minimum atomic E-state index is 0.00817. The Hall–Kier alpha value is -1.81. The molecule has 1 N–H and O–H groups in total. The highest BCUT2D eigenvalue weighted by molar-refractivity contribution is 9.10. The largest absolute Gasteiger partial charge is 0.330 e. The van der Waals surface area contributed by atoms with E-state index >= 15 is 0 Å². The molecule has 0 saturated heterocycles. The predicted octanol–water partition coefficient (Wildman–Crippen LogP) is 4.16. The van der Waals surface area contributed by atoms with Crippen molar-refractivity contribution in [3.8, 4) is 0 Å². The average Bonchev–Trinajstić information content (AvgIpc) is 2.40. The summed E-state index contributed by atoms with van der Waals surface area (Å²) in [6.07, 6.45) is 0. The molecule has 0 aromatic heterocycles. The molecule has 20 heavy (non-hydrogen) atoms. The van der Waals surface area contributed by atoms with E-state index in [1.807, 2.05) is 23.1 Å². The molecular formula is C16H15BrN2O. The van der Waals surface area contributed by atoms with Crippen LogP contribution >= 0.6 is 15.9 Å². The lowest BCUT2D eigenvalue weighted by atomic mass is 10.1. The molecule has 102 valence electrons. The van der Waals surface area contributed by atoms with E-state index in [2.05, 4.69) is 53.3 Å². The van der Waals surface area contributed by atoms with Crippen molar-refractivity contribution >= 4 is 38.9 Å². The summed E-state index contributed by atoms with van der Waals surface area (Å²) in [5.74, 6) is 0.00817. The lowest BCUT2D eigenvalue weighted by Crippen LogP contribution is -2.35. The number of aryl methyl sites for hydroxylation is 2. The third-order valence-corrected chi connectivity index (χ3v) is 4.12. The molecule has 1 aliphatic heterocycles. The first-order valence-electron chi connectivity index (χ1n) is 6.49. The lowest BCUT2D eigenvalue weighted by Gasteiger charge is -2.31. The van der Waals surface area contributed by atoms with Crippen LogP contribution in [0.25, 0.3) is 0 Å². The normalized spacial score (nSPS) is 13.9. The highest BCUT2D eigenvalue weighted by Gasteiger charge is 2.23. The maximum absolute atomic E-state index is 11.9. The number of nitrogens with zero attached hydrogens (tertiary/aromatic N) is 1. The number of amides is 1. The van der Waals surface area contributed by atoms with Crippen LogP contribution in [-0.4, -0.2) is 12.5 Å². The van der Waals surface area contributed by atoms with Gasteiger partial charge in [-0.25, -0.2) is 0 Å². The van der Waals surface area contributed by atoms with Crippen LogP contribution in [0.3, 0.4) is 0 Å². The first kappa shape index (κ1) is 13.2. The molecule has 0 radical (unpaired) electrons. The van der Waals surface area contributed by atoms with Gasteiger partial charge in [-0.1, -0.05) is 22.0 Å². The zero-order valence-corrected chi connectivity index (χ0v) is 13.0. The van der Waals surface area contributed by atoms with Crippen molar-refractivity contribution in [1.82, 2.24) is 0 Å². The molecule has 0 spiro atoms. The number of anilines is 3. The van der Waals surface area contributed by atoms with Gasteiger partial charge in [0.1, 0.15) is 6.54 Å². The number of hydrogen-bond donors (Lipinski definition) is 1. The topological polar surface area (TPSA) is 32.3 Å². The SMILES string of the molecule is Cc1ccc(N2CC(=O)Nc3cc(Br)ccc32)cc1C. The summed E-state index contributed by atoms with van der Waals surface area (Å²) in [4.78, 5) is 14.0. The lowest BCUT2D eigenvalue weighted by molar-refractivity contribution is -0.115. The highest BCUT2D eigenvalue weighted by atomic mass is 79.9. The number of halogens is 1. The fourth-order valence-corrected chi connectivity index (χ4v) is 2.75. The van der Waals surface area contributed by atoms with Crippen molar-refractivity contribution in [3.05, 3.63) is 52.0 Å². The molecule has 2 aromatic carbocycles. The monoisotopic (exact) mass is 330 g/mol. The van der Waals surface area contributed by atoms with Crippen molar-refractivity contribution in [2.24, 2.45) is 0 Å². The molecule has 1 heterocycles. The van der Waals surface area contributed by atoms with E-state index in [-0.39, 0.29) is 5.91 Å². The van der Waals surface area contributed by atoms with Gasteiger partial charge in [-0.2, -0.15) is 0 Å². The molecule has 0 saturated carbocycles. The molecule has 3 rings (SSSR count). The van der Waals surface area contributed by atoms with E-state index in [4.69, 9.17) is 0 Å². The Morgan fingerprint density at radius 3 is 2.65 bits per heavy atom.